The first kappa shape index (κ1) is 13.4. The van der Waals surface area contributed by atoms with Crippen LogP contribution >= 0.6 is 0 Å². The molecule has 2 atom stereocenters. The second kappa shape index (κ2) is 5.43. The first-order chi connectivity index (χ1) is 9.70. The molecule has 1 fully saturated rings. The lowest BCUT2D eigenvalue weighted by molar-refractivity contribution is -0.138. The number of benzene rings is 1. The quantitative estimate of drug-likeness (QED) is 0.605. The SMILES string of the molecule is CCOC(=O)C(C)=C1C2CCC1Cc1ccccc1C2. The fourth-order valence-corrected chi connectivity index (χ4v) is 3.93. The average molecular weight is 270 g/mol. The Bertz CT molecular complexity index is 521. The second-order valence-electron chi connectivity index (χ2n) is 5.95. The topological polar surface area (TPSA) is 26.3 Å². The highest BCUT2D eigenvalue weighted by molar-refractivity contribution is 5.89. The van der Waals surface area contributed by atoms with Crippen LogP contribution in [0.4, 0.5) is 0 Å². The number of allylic oxidation sites excluding steroid dienone is 1. The van der Waals surface area contributed by atoms with Gasteiger partial charge in [-0.1, -0.05) is 29.8 Å². The fraction of sp³-hybridized carbons (Fsp3) is 0.500. The molecule has 1 saturated carbocycles. The van der Waals surface area contributed by atoms with Gasteiger partial charge in [0.1, 0.15) is 0 Å². The van der Waals surface area contributed by atoms with E-state index in [0.717, 1.165) is 18.4 Å². The zero-order valence-corrected chi connectivity index (χ0v) is 12.3. The predicted octanol–water partition coefficient (Wildman–Crippen LogP) is 3.69. The Labute approximate surface area is 120 Å². The van der Waals surface area contributed by atoms with Gasteiger partial charge in [0.25, 0.3) is 0 Å². The molecule has 20 heavy (non-hydrogen) atoms. The smallest absolute Gasteiger partial charge is 0.333 e. The molecule has 0 saturated heterocycles. The number of carbonyl (C=O) groups excluding carboxylic acids is 1. The lowest BCUT2D eigenvalue weighted by Crippen LogP contribution is -2.13. The summed E-state index contributed by atoms with van der Waals surface area (Å²) in [7, 11) is 0. The van der Waals surface area contributed by atoms with Crippen molar-refractivity contribution in [3.8, 4) is 0 Å². The van der Waals surface area contributed by atoms with E-state index < -0.39 is 0 Å². The van der Waals surface area contributed by atoms with Gasteiger partial charge in [0.2, 0.25) is 0 Å². The number of rotatable bonds is 2. The monoisotopic (exact) mass is 270 g/mol. The van der Waals surface area contributed by atoms with E-state index in [2.05, 4.69) is 24.3 Å². The Morgan fingerprint density at radius 3 is 2.20 bits per heavy atom. The van der Waals surface area contributed by atoms with Crippen LogP contribution in [0.5, 0.6) is 0 Å². The van der Waals surface area contributed by atoms with Crippen molar-refractivity contribution >= 4 is 5.97 Å². The minimum Gasteiger partial charge on any atom is -0.463 e. The van der Waals surface area contributed by atoms with E-state index in [-0.39, 0.29) is 5.97 Å². The van der Waals surface area contributed by atoms with Gasteiger partial charge in [-0.15, -0.1) is 0 Å². The molecule has 0 heterocycles. The van der Waals surface area contributed by atoms with Gasteiger partial charge in [-0.25, -0.2) is 4.79 Å². The van der Waals surface area contributed by atoms with Gasteiger partial charge >= 0.3 is 5.97 Å². The maximum Gasteiger partial charge on any atom is 0.333 e. The first-order valence-electron chi connectivity index (χ1n) is 7.65. The molecule has 2 heteroatoms. The van der Waals surface area contributed by atoms with E-state index >= 15 is 0 Å². The molecule has 106 valence electrons. The van der Waals surface area contributed by atoms with Gasteiger partial charge in [0.05, 0.1) is 6.61 Å². The Morgan fingerprint density at radius 1 is 1.15 bits per heavy atom. The number of fused-ring (bicyclic) bond motifs is 3. The van der Waals surface area contributed by atoms with E-state index in [0.29, 0.717) is 18.4 Å². The van der Waals surface area contributed by atoms with Gasteiger partial charge in [-0.05, 0) is 62.5 Å². The molecule has 2 unspecified atom stereocenters. The lowest BCUT2D eigenvalue weighted by atomic mass is 9.90. The molecule has 2 aliphatic carbocycles. The van der Waals surface area contributed by atoms with Crippen molar-refractivity contribution in [2.75, 3.05) is 6.61 Å². The van der Waals surface area contributed by atoms with Gasteiger partial charge < -0.3 is 4.74 Å². The van der Waals surface area contributed by atoms with E-state index in [1.807, 2.05) is 13.8 Å². The van der Waals surface area contributed by atoms with E-state index in [1.165, 1.54) is 29.5 Å². The highest BCUT2D eigenvalue weighted by Gasteiger charge is 2.36. The Hall–Kier alpha value is -1.57. The fourth-order valence-electron chi connectivity index (χ4n) is 3.93. The summed E-state index contributed by atoms with van der Waals surface area (Å²) >= 11 is 0. The maximum absolute atomic E-state index is 12.1. The Kier molecular flexibility index (Phi) is 3.64. The van der Waals surface area contributed by atoms with Crippen molar-refractivity contribution in [1.29, 1.82) is 0 Å². The van der Waals surface area contributed by atoms with Crippen LogP contribution in [0.2, 0.25) is 0 Å². The van der Waals surface area contributed by atoms with E-state index in [9.17, 15) is 4.79 Å². The summed E-state index contributed by atoms with van der Waals surface area (Å²) in [5.41, 5.74) is 5.18. The lowest BCUT2D eigenvalue weighted by Gasteiger charge is -2.16. The number of hydrogen-bond acceptors (Lipinski definition) is 2. The maximum atomic E-state index is 12.1. The Morgan fingerprint density at radius 2 is 1.70 bits per heavy atom. The highest BCUT2D eigenvalue weighted by Crippen LogP contribution is 2.45. The van der Waals surface area contributed by atoms with Gasteiger partial charge in [-0.2, -0.15) is 0 Å². The van der Waals surface area contributed by atoms with Crippen LogP contribution in [-0.4, -0.2) is 12.6 Å². The van der Waals surface area contributed by atoms with Crippen molar-refractivity contribution in [1.82, 2.24) is 0 Å². The van der Waals surface area contributed by atoms with E-state index in [4.69, 9.17) is 4.74 Å². The normalized spacial score (nSPS) is 24.0. The summed E-state index contributed by atoms with van der Waals surface area (Å²) < 4.78 is 5.20. The zero-order valence-electron chi connectivity index (χ0n) is 12.3. The van der Waals surface area contributed by atoms with Crippen LogP contribution < -0.4 is 0 Å². The standard InChI is InChI=1S/C18H22O2/c1-3-20-18(19)12(2)17-15-8-9-16(17)11-14-7-5-4-6-13(14)10-15/h4-7,15-16H,3,8-11H2,1-2H3. The molecule has 0 radical (unpaired) electrons. The molecular weight excluding hydrogens is 248 g/mol. The van der Waals surface area contributed by atoms with Gasteiger partial charge in [0.15, 0.2) is 0 Å². The van der Waals surface area contributed by atoms with Crippen molar-refractivity contribution in [2.45, 2.75) is 39.5 Å². The highest BCUT2D eigenvalue weighted by atomic mass is 16.5. The van der Waals surface area contributed by atoms with Crippen LogP contribution in [0.15, 0.2) is 35.4 Å². The van der Waals surface area contributed by atoms with Crippen molar-refractivity contribution in [3.05, 3.63) is 46.5 Å². The van der Waals surface area contributed by atoms with Crippen LogP contribution in [0.1, 0.15) is 37.8 Å². The third kappa shape index (κ3) is 2.28. The summed E-state index contributed by atoms with van der Waals surface area (Å²) in [6, 6.07) is 8.74. The zero-order chi connectivity index (χ0) is 14.1. The Balaban J connectivity index is 1.97. The average Bonchev–Trinajstić information content (AvgIpc) is 2.73. The summed E-state index contributed by atoms with van der Waals surface area (Å²) in [5.74, 6) is 0.950. The molecule has 0 aromatic heterocycles. The molecule has 2 nitrogen and oxygen atoms in total. The van der Waals surface area contributed by atoms with E-state index in [1.54, 1.807) is 0 Å². The van der Waals surface area contributed by atoms with Crippen LogP contribution in [0.3, 0.4) is 0 Å². The number of esters is 1. The molecule has 0 amide bonds. The number of hydrogen-bond donors (Lipinski definition) is 0. The third-order valence-corrected chi connectivity index (χ3v) is 4.81. The summed E-state index contributed by atoms with van der Waals surface area (Å²) in [6.45, 7) is 4.28. The third-order valence-electron chi connectivity index (χ3n) is 4.81. The van der Waals surface area contributed by atoms with Crippen molar-refractivity contribution in [3.63, 3.8) is 0 Å². The molecule has 0 N–H and O–H groups in total. The van der Waals surface area contributed by atoms with Crippen molar-refractivity contribution in [2.24, 2.45) is 11.8 Å². The molecule has 0 aliphatic heterocycles. The molecule has 2 bridgehead atoms. The molecule has 3 rings (SSSR count). The van der Waals surface area contributed by atoms with Crippen LogP contribution in [0, 0.1) is 11.8 Å². The minimum absolute atomic E-state index is 0.120. The van der Waals surface area contributed by atoms with Crippen LogP contribution in [0.25, 0.3) is 0 Å². The summed E-state index contributed by atoms with van der Waals surface area (Å²) in [4.78, 5) is 12.1. The number of ether oxygens (including phenoxy) is 1. The molecule has 1 aromatic carbocycles. The molecule has 2 aliphatic rings. The molecular formula is C18H22O2. The number of carbonyl (C=O) groups is 1. The predicted molar refractivity (Wildman–Crippen MR) is 79.4 cm³/mol. The van der Waals surface area contributed by atoms with Gasteiger partial charge in [0, 0.05) is 5.57 Å². The first-order valence-corrected chi connectivity index (χ1v) is 7.65. The minimum atomic E-state index is -0.120. The van der Waals surface area contributed by atoms with Gasteiger partial charge in [-0.3, -0.25) is 0 Å². The molecule has 0 spiro atoms. The van der Waals surface area contributed by atoms with Crippen LogP contribution in [-0.2, 0) is 22.4 Å². The summed E-state index contributed by atoms with van der Waals surface area (Å²) in [5, 5.41) is 0. The van der Waals surface area contributed by atoms with Crippen molar-refractivity contribution < 1.29 is 9.53 Å². The second-order valence-corrected chi connectivity index (χ2v) is 5.95. The molecule has 1 aromatic rings. The summed E-state index contributed by atoms with van der Waals surface area (Å²) in [6.07, 6.45) is 4.59. The largest absolute Gasteiger partial charge is 0.463 e.